The average molecular weight is 481 g/mol. The van der Waals surface area contributed by atoms with Gasteiger partial charge in [-0.1, -0.05) is 43.6 Å². The van der Waals surface area contributed by atoms with Crippen molar-refractivity contribution in [1.82, 2.24) is 0 Å². The van der Waals surface area contributed by atoms with Crippen molar-refractivity contribution in [3.8, 4) is 23.7 Å². The molecule has 2 aliphatic heterocycles. The predicted octanol–water partition coefficient (Wildman–Crippen LogP) is -2.90. The molecule has 0 aliphatic carbocycles. The summed E-state index contributed by atoms with van der Waals surface area (Å²) in [7, 11) is 0. The molecule has 10 heteroatoms. The Morgan fingerprint density at radius 3 is 1.38 bits per heavy atom. The van der Waals surface area contributed by atoms with Crippen LogP contribution >= 0.6 is 0 Å². The molecule has 34 heavy (non-hydrogen) atoms. The summed E-state index contributed by atoms with van der Waals surface area (Å²) in [6.07, 6.45) is -13.3. The fourth-order valence-corrected chi connectivity index (χ4v) is 3.43. The van der Waals surface area contributed by atoms with Crippen molar-refractivity contribution in [3.63, 3.8) is 0 Å². The quantitative estimate of drug-likeness (QED) is 0.205. The summed E-state index contributed by atoms with van der Waals surface area (Å²) < 4.78 is 10.7. The van der Waals surface area contributed by atoms with Crippen LogP contribution in [0.25, 0.3) is 0 Å². The molecule has 10 nitrogen and oxygen atoms in total. The molecule has 10 atom stereocenters. The number of hydrogen-bond acceptors (Lipinski definition) is 10. The molecule has 8 unspecified atom stereocenters. The highest BCUT2D eigenvalue weighted by molar-refractivity contribution is 5.44. The highest BCUT2D eigenvalue weighted by atomic mass is 16.5. The minimum atomic E-state index is -1.52. The Bertz CT molecular complexity index is 827. The third-order valence-corrected chi connectivity index (χ3v) is 5.36. The summed E-state index contributed by atoms with van der Waals surface area (Å²) >= 11 is 0. The monoisotopic (exact) mass is 480 g/mol. The first kappa shape index (κ1) is 28.2. The predicted molar refractivity (Wildman–Crippen MR) is 119 cm³/mol. The molecule has 2 fully saturated rings. The van der Waals surface area contributed by atoms with Crippen molar-refractivity contribution in [3.05, 3.63) is 35.4 Å². The highest BCUT2D eigenvalue weighted by Crippen LogP contribution is 2.22. The maximum atomic E-state index is 10.1. The molecule has 1 aromatic rings. The van der Waals surface area contributed by atoms with E-state index in [4.69, 9.17) is 9.47 Å². The van der Waals surface area contributed by atoms with E-state index in [1.807, 2.05) is 13.8 Å². The fraction of sp³-hybridized carbons (Fsp3) is 0.583. The maximum Gasteiger partial charge on any atom is 0.147 e. The SMILES string of the molecule is CC.OCC1OC(C#Cc2cccc(C#CC3OC(CO)[C@@H](O)C(O)C3O)c2)C(O)C(O)[C@@H]1O. The Kier molecular flexibility index (Phi) is 10.9. The minimum absolute atomic E-state index is 0.488. The molecule has 0 bridgehead atoms. The van der Waals surface area contributed by atoms with Crippen molar-refractivity contribution in [2.24, 2.45) is 0 Å². The maximum absolute atomic E-state index is 10.1. The van der Waals surface area contributed by atoms with E-state index in [1.54, 1.807) is 24.3 Å². The number of ether oxygens (including phenoxy) is 2. The molecule has 2 aliphatic rings. The van der Waals surface area contributed by atoms with E-state index in [0.717, 1.165) is 0 Å². The van der Waals surface area contributed by atoms with E-state index < -0.39 is 74.3 Å². The largest absolute Gasteiger partial charge is 0.394 e. The summed E-state index contributed by atoms with van der Waals surface area (Å²) in [5.74, 6) is 10.9. The lowest BCUT2D eigenvalue weighted by molar-refractivity contribution is -0.214. The van der Waals surface area contributed by atoms with Gasteiger partial charge < -0.3 is 50.3 Å². The van der Waals surface area contributed by atoms with Crippen LogP contribution in [0.4, 0.5) is 0 Å². The van der Waals surface area contributed by atoms with E-state index in [9.17, 15) is 40.9 Å². The van der Waals surface area contributed by atoms with Crippen molar-refractivity contribution >= 4 is 0 Å². The molecule has 0 aromatic heterocycles. The third-order valence-electron chi connectivity index (χ3n) is 5.36. The van der Waals surface area contributed by atoms with Gasteiger partial charge in [0.15, 0.2) is 0 Å². The molecule has 0 amide bonds. The zero-order valence-corrected chi connectivity index (χ0v) is 18.9. The summed E-state index contributed by atoms with van der Waals surface area (Å²) in [6, 6.07) is 6.59. The summed E-state index contributed by atoms with van der Waals surface area (Å²) in [5, 5.41) is 77.9. The van der Waals surface area contributed by atoms with Crippen LogP contribution in [0.15, 0.2) is 24.3 Å². The second kappa shape index (κ2) is 13.1. The molecule has 188 valence electrons. The van der Waals surface area contributed by atoms with Gasteiger partial charge in [0.25, 0.3) is 0 Å². The van der Waals surface area contributed by atoms with Gasteiger partial charge in [-0.15, -0.1) is 0 Å². The van der Waals surface area contributed by atoms with Gasteiger partial charge >= 0.3 is 0 Å². The topological polar surface area (TPSA) is 180 Å². The lowest BCUT2D eigenvalue weighted by Crippen LogP contribution is -2.58. The van der Waals surface area contributed by atoms with Crippen molar-refractivity contribution in [2.45, 2.75) is 74.9 Å². The van der Waals surface area contributed by atoms with Crippen molar-refractivity contribution in [1.29, 1.82) is 0 Å². The normalized spacial score (nSPS) is 37.2. The van der Waals surface area contributed by atoms with Crippen LogP contribution in [-0.4, -0.2) is 115 Å². The first-order valence-electron chi connectivity index (χ1n) is 11.0. The second-order valence-corrected chi connectivity index (χ2v) is 7.62. The molecular weight excluding hydrogens is 448 g/mol. The molecule has 3 rings (SSSR count). The van der Waals surface area contributed by atoms with Gasteiger partial charge in [0.1, 0.15) is 61.0 Å². The Morgan fingerprint density at radius 2 is 1.03 bits per heavy atom. The molecule has 0 spiro atoms. The van der Waals surface area contributed by atoms with Crippen molar-refractivity contribution in [2.75, 3.05) is 13.2 Å². The Morgan fingerprint density at radius 1 is 0.647 bits per heavy atom. The Hall–Kier alpha value is -2.06. The van der Waals surface area contributed by atoms with Gasteiger partial charge in [0.05, 0.1) is 13.2 Å². The number of rotatable bonds is 2. The minimum Gasteiger partial charge on any atom is -0.394 e. The van der Waals surface area contributed by atoms with E-state index >= 15 is 0 Å². The fourth-order valence-electron chi connectivity index (χ4n) is 3.43. The summed E-state index contributed by atoms with van der Waals surface area (Å²) in [5.41, 5.74) is 0.977. The van der Waals surface area contributed by atoms with Gasteiger partial charge in [0.2, 0.25) is 0 Å². The lowest BCUT2D eigenvalue weighted by Gasteiger charge is -2.37. The first-order chi connectivity index (χ1) is 16.3. The number of aliphatic hydroxyl groups excluding tert-OH is 8. The Balaban J connectivity index is 0.00000199. The molecule has 8 N–H and O–H groups in total. The third kappa shape index (κ3) is 6.54. The highest BCUT2D eigenvalue weighted by Gasteiger charge is 2.43. The van der Waals surface area contributed by atoms with E-state index in [0.29, 0.717) is 11.1 Å². The van der Waals surface area contributed by atoms with Gasteiger partial charge in [0, 0.05) is 11.1 Å². The van der Waals surface area contributed by atoms with Gasteiger partial charge in [-0.2, -0.15) is 0 Å². The first-order valence-corrected chi connectivity index (χ1v) is 11.0. The average Bonchev–Trinajstić information content (AvgIpc) is 2.86. The summed E-state index contributed by atoms with van der Waals surface area (Å²) in [4.78, 5) is 0. The van der Waals surface area contributed by atoms with Crippen LogP contribution in [0, 0.1) is 23.7 Å². The molecule has 2 saturated heterocycles. The van der Waals surface area contributed by atoms with Gasteiger partial charge in [-0.25, -0.2) is 0 Å². The zero-order valence-electron chi connectivity index (χ0n) is 18.9. The van der Waals surface area contributed by atoms with Crippen LogP contribution in [0.3, 0.4) is 0 Å². The van der Waals surface area contributed by atoms with Crippen LogP contribution < -0.4 is 0 Å². The van der Waals surface area contributed by atoms with Gasteiger partial charge in [-0.05, 0) is 18.2 Å². The van der Waals surface area contributed by atoms with Gasteiger partial charge in [-0.3, -0.25) is 0 Å². The van der Waals surface area contributed by atoms with Crippen LogP contribution in [0.2, 0.25) is 0 Å². The van der Waals surface area contributed by atoms with E-state index in [2.05, 4.69) is 23.7 Å². The lowest BCUT2D eigenvalue weighted by atomic mass is 9.95. The zero-order chi connectivity index (χ0) is 25.4. The van der Waals surface area contributed by atoms with E-state index in [1.165, 1.54) is 0 Å². The number of aliphatic hydroxyl groups is 8. The second-order valence-electron chi connectivity index (χ2n) is 7.62. The molecule has 2 heterocycles. The Labute approximate surface area is 198 Å². The van der Waals surface area contributed by atoms with E-state index in [-0.39, 0.29) is 0 Å². The molecule has 0 radical (unpaired) electrons. The molecule has 1 aromatic carbocycles. The number of hydrogen-bond donors (Lipinski definition) is 8. The van der Waals surface area contributed by atoms with Crippen LogP contribution in [0.5, 0.6) is 0 Å². The number of benzene rings is 1. The smallest absolute Gasteiger partial charge is 0.147 e. The van der Waals surface area contributed by atoms with Crippen LogP contribution in [0.1, 0.15) is 25.0 Å². The molecular formula is C24H32O10. The summed E-state index contributed by atoms with van der Waals surface area (Å²) in [6.45, 7) is 2.90. The standard InChI is InChI=1S/C22H26O10.C2H6/c23-9-15-19(27)21(29)17(25)13(31-15)6-4-11-2-1-3-12(8-11)5-7-14-18(26)22(30)20(28)16(10-24)32-14;1-2/h1-3,8,13-30H,9-10H2;1-2H3/t13?,14?,15?,16?,17?,18?,19-,20-,21?,22?;/m1./s1. The molecule has 0 saturated carbocycles. The van der Waals surface area contributed by atoms with Crippen molar-refractivity contribution < 1.29 is 50.3 Å². The van der Waals surface area contributed by atoms with Crippen LogP contribution in [-0.2, 0) is 9.47 Å².